The summed E-state index contributed by atoms with van der Waals surface area (Å²) in [5.41, 5.74) is 2.95. The van der Waals surface area contributed by atoms with Crippen molar-refractivity contribution in [3.8, 4) is 0 Å². The van der Waals surface area contributed by atoms with Gasteiger partial charge in [0.15, 0.2) is 4.77 Å². The van der Waals surface area contributed by atoms with Crippen molar-refractivity contribution < 1.29 is 4.39 Å². The molecule has 3 rings (SSSR count). The third-order valence-electron chi connectivity index (χ3n) is 3.28. The van der Waals surface area contributed by atoms with E-state index >= 15 is 0 Å². The van der Waals surface area contributed by atoms with E-state index in [4.69, 9.17) is 12.2 Å². The Bertz CT molecular complexity index is 808. The average molecular weight is 398 g/mol. The SMILES string of the molecule is Fc1cc2c(cc1I)[nH]c(=S)n2CCc1ccccc1. The van der Waals surface area contributed by atoms with Crippen molar-refractivity contribution in [3.63, 3.8) is 0 Å². The minimum Gasteiger partial charge on any atom is -0.331 e. The van der Waals surface area contributed by atoms with E-state index in [0.717, 1.165) is 24.0 Å². The van der Waals surface area contributed by atoms with E-state index in [1.807, 2.05) is 45.4 Å². The van der Waals surface area contributed by atoms with E-state index in [0.29, 0.717) is 8.34 Å². The van der Waals surface area contributed by atoms with Crippen LogP contribution < -0.4 is 0 Å². The van der Waals surface area contributed by atoms with Crippen LogP contribution in [0, 0.1) is 14.2 Å². The molecule has 0 bridgehead atoms. The van der Waals surface area contributed by atoms with Gasteiger partial charge in [-0.05, 0) is 52.9 Å². The molecule has 0 saturated carbocycles. The first-order valence-corrected chi connectivity index (χ1v) is 7.75. The summed E-state index contributed by atoms with van der Waals surface area (Å²) >= 11 is 7.32. The second kappa shape index (κ2) is 5.65. The minimum absolute atomic E-state index is 0.208. The molecule has 102 valence electrons. The zero-order valence-electron chi connectivity index (χ0n) is 10.6. The third kappa shape index (κ3) is 2.64. The summed E-state index contributed by atoms with van der Waals surface area (Å²) in [6.45, 7) is 0.739. The van der Waals surface area contributed by atoms with Gasteiger partial charge < -0.3 is 9.55 Å². The number of aromatic nitrogens is 2. The van der Waals surface area contributed by atoms with Crippen molar-refractivity contribution in [3.05, 3.63) is 62.2 Å². The lowest BCUT2D eigenvalue weighted by atomic mass is 10.1. The van der Waals surface area contributed by atoms with Gasteiger partial charge in [-0.1, -0.05) is 30.3 Å². The lowest BCUT2D eigenvalue weighted by molar-refractivity contribution is 0.620. The fraction of sp³-hybridized carbons (Fsp3) is 0.133. The number of halogens is 2. The Morgan fingerprint density at radius 2 is 1.95 bits per heavy atom. The van der Waals surface area contributed by atoms with Gasteiger partial charge in [-0.25, -0.2) is 4.39 Å². The molecule has 0 fully saturated rings. The number of hydrogen-bond acceptors (Lipinski definition) is 1. The molecule has 0 aliphatic carbocycles. The zero-order valence-corrected chi connectivity index (χ0v) is 13.5. The zero-order chi connectivity index (χ0) is 14.1. The second-order valence-electron chi connectivity index (χ2n) is 4.60. The van der Waals surface area contributed by atoms with Crippen LogP contribution >= 0.6 is 34.8 Å². The largest absolute Gasteiger partial charge is 0.331 e. The number of nitrogens with one attached hydrogen (secondary N) is 1. The van der Waals surface area contributed by atoms with Gasteiger partial charge in [-0.2, -0.15) is 0 Å². The van der Waals surface area contributed by atoms with E-state index < -0.39 is 0 Å². The monoisotopic (exact) mass is 398 g/mol. The summed E-state index contributed by atoms with van der Waals surface area (Å²) in [5.74, 6) is -0.208. The lowest BCUT2D eigenvalue weighted by Gasteiger charge is -2.05. The van der Waals surface area contributed by atoms with Crippen LogP contribution in [0.25, 0.3) is 11.0 Å². The molecular weight excluding hydrogens is 386 g/mol. The van der Waals surface area contributed by atoms with Gasteiger partial charge in [0.2, 0.25) is 0 Å². The van der Waals surface area contributed by atoms with Crippen LogP contribution in [0.2, 0.25) is 0 Å². The molecule has 2 aromatic carbocycles. The van der Waals surface area contributed by atoms with E-state index in [-0.39, 0.29) is 5.82 Å². The Morgan fingerprint density at radius 3 is 2.70 bits per heavy atom. The smallest absolute Gasteiger partial charge is 0.178 e. The van der Waals surface area contributed by atoms with Crippen LogP contribution in [0.5, 0.6) is 0 Å². The Morgan fingerprint density at radius 1 is 1.20 bits per heavy atom. The highest BCUT2D eigenvalue weighted by molar-refractivity contribution is 14.1. The van der Waals surface area contributed by atoms with E-state index in [2.05, 4.69) is 17.1 Å². The highest BCUT2D eigenvalue weighted by Gasteiger charge is 2.08. The first-order valence-electron chi connectivity index (χ1n) is 6.26. The summed E-state index contributed by atoms with van der Waals surface area (Å²) in [6.07, 6.45) is 0.871. The van der Waals surface area contributed by atoms with E-state index in [1.54, 1.807) is 12.1 Å². The molecule has 20 heavy (non-hydrogen) atoms. The number of fused-ring (bicyclic) bond motifs is 1. The molecule has 1 aromatic heterocycles. The highest BCUT2D eigenvalue weighted by Crippen LogP contribution is 2.21. The number of H-pyrrole nitrogens is 1. The molecule has 3 aromatic rings. The van der Waals surface area contributed by atoms with Gasteiger partial charge in [-0.15, -0.1) is 0 Å². The molecule has 5 heteroatoms. The molecule has 0 aliphatic heterocycles. The Labute approximate surface area is 134 Å². The number of aromatic amines is 1. The summed E-state index contributed by atoms with van der Waals surface area (Å²) < 4.78 is 16.9. The quantitative estimate of drug-likeness (QED) is 0.502. The molecule has 1 N–H and O–H groups in total. The maximum Gasteiger partial charge on any atom is 0.178 e. The first-order chi connectivity index (χ1) is 9.65. The summed E-state index contributed by atoms with van der Waals surface area (Å²) in [4.78, 5) is 3.14. The Balaban J connectivity index is 1.97. The van der Waals surface area contributed by atoms with Crippen molar-refractivity contribution >= 4 is 45.8 Å². The average Bonchev–Trinajstić information content (AvgIpc) is 2.73. The van der Waals surface area contributed by atoms with Crippen molar-refractivity contribution in [2.24, 2.45) is 0 Å². The predicted molar refractivity (Wildman–Crippen MR) is 89.9 cm³/mol. The van der Waals surface area contributed by atoms with Crippen molar-refractivity contribution in [1.82, 2.24) is 9.55 Å². The molecule has 0 atom stereocenters. The highest BCUT2D eigenvalue weighted by atomic mass is 127. The summed E-state index contributed by atoms with van der Waals surface area (Å²) in [6, 6.07) is 13.5. The number of imidazole rings is 1. The molecule has 0 saturated heterocycles. The maximum absolute atomic E-state index is 13.7. The number of hydrogen-bond donors (Lipinski definition) is 1. The van der Waals surface area contributed by atoms with Gasteiger partial charge in [-0.3, -0.25) is 0 Å². The minimum atomic E-state index is -0.208. The number of nitrogens with zero attached hydrogens (tertiary/aromatic N) is 1. The molecule has 0 radical (unpaired) electrons. The first kappa shape index (κ1) is 13.8. The fourth-order valence-corrected chi connectivity index (χ4v) is 3.03. The molecule has 0 spiro atoms. The number of rotatable bonds is 3. The molecular formula is C15H12FIN2S. The Hall–Kier alpha value is -1.21. The third-order valence-corrected chi connectivity index (χ3v) is 4.43. The van der Waals surface area contributed by atoms with Crippen LogP contribution in [-0.4, -0.2) is 9.55 Å². The maximum atomic E-state index is 13.7. The summed E-state index contributed by atoms with van der Waals surface area (Å²) in [5, 5.41) is 0. The van der Waals surface area contributed by atoms with Crippen LogP contribution in [0.3, 0.4) is 0 Å². The number of benzene rings is 2. The van der Waals surface area contributed by atoms with E-state index in [1.165, 1.54) is 5.56 Å². The van der Waals surface area contributed by atoms with Crippen molar-refractivity contribution in [2.45, 2.75) is 13.0 Å². The fourth-order valence-electron chi connectivity index (χ4n) is 2.26. The van der Waals surface area contributed by atoms with Gasteiger partial charge in [0.05, 0.1) is 14.6 Å². The Kier molecular flexibility index (Phi) is 3.89. The molecule has 2 nitrogen and oxygen atoms in total. The predicted octanol–water partition coefficient (Wildman–Crippen LogP) is 4.69. The van der Waals surface area contributed by atoms with Crippen LogP contribution in [0.1, 0.15) is 5.56 Å². The van der Waals surface area contributed by atoms with Crippen molar-refractivity contribution in [2.75, 3.05) is 0 Å². The molecule has 0 aliphatic rings. The van der Waals surface area contributed by atoms with Crippen LogP contribution in [0.15, 0.2) is 42.5 Å². The topological polar surface area (TPSA) is 20.7 Å². The van der Waals surface area contributed by atoms with Gasteiger partial charge >= 0.3 is 0 Å². The van der Waals surface area contributed by atoms with Crippen molar-refractivity contribution in [1.29, 1.82) is 0 Å². The van der Waals surface area contributed by atoms with Gasteiger partial charge in [0.25, 0.3) is 0 Å². The number of aryl methyl sites for hydroxylation is 2. The second-order valence-corrected chi connectivity index (χ2v) is 6.15. The van der Waals surface area contributed by atoms with Gasteiger partial charge in [0, 0.05) is 12.6 Å². The van der Waals surface area contributed by atoms with Crippen LogP contribution in [-0.2, 0) is 13.0 Å². The van der Waals surface area contributed by atoms with E-state index in [9.17, 15) is 4.39 Å². The van der Waals surface area contributed by atoms with Crippen LogP contribution in [0.4, 0.5) is 4.39 Å². The molecule has 0 unspecified atom stereocenters. The van der Waals surface area contributed by atoms with Gasteiger partial charge in [0.1, 0.15) is 5.82 Å². The standard InChI is InChI=1S/C15H12FIN2S/c16-11-8-14-13(9-12(11)17)18-15(20)19(14)7-6-10-4-2-1-3-5-10/h1-5,8-9H,6-7H2,(H,18,20). The molecule has 1 heterocycles. The lowest BCUT2D eigenvalue weighted by Crippen LogP contribution is -2.01. The molecule has 0 amide bonds. The normalized spacial score (nSPS) is 11.1. The summed E-state index contributed by atoms with van der Waals surface area (Å²) in [7, 11) is 0.